The van der Waals surface area contributed by atoms with Crippen molar-refractivity contribution in [2.75, 3.05) is 58.7 Å². The summed E-state index contributed by atoms with van der Waals surface area (Å²) in [7, 11) is 10.7. The number of anilines is 2. The predicted molar refractivity (Wildman–Crippen MR) is 148 cm³/mol. The maximum Gasteiger partial charge on any atom is 0.253 e. The van der Waals surface area contributed by atoms with Crippen LogP contribution in [0.1, 0.15) is 44.3 Å². The third kappa shape index (κ3) is 5.35. The zero-order valence-electron chi connectivity index (χ0n) is 21.4. The molecule has 0 aliphatic carbocycles. The fourth-order valence-electron chi connectivity index (χ4n) is 4.16. The molecule has 0 saturated carbocycles. The van der Waals surface area contributed by atoms with E-state index in [1.54, 1.807) is 31.2 Å². The first-order valence-electron chi connectivity index (χ1n) is 11.0. The Kier molecular flexibility index (Phi) is 8.73. The van der Waals surface area contributed by atoms with E-state index in [1.807, 2.05) is 57.0 Å². The van der Waals surface area contributed by atoms with Crippen LogP contribution in [0.25, 0.3) is 5.57 Å². The molecule has 2 aromatic rings. The number of benzene rings is 2. The third-order valence-electron chi connectivity index (χ3n) is 5.98. The van der Waals surface area contributed by atoms with E-state index in [4.69, 9.17) is 10.1 Å². The highest BCUT2D eigenvalue weighted by Gasteiger charge is 2.29. The molecule has 1 aliphatic heterocycles. The Morgan fingerprint density at radius 1 is 1.09 bits per heavy atom. The molecule has 35 heavy (non-hydrogen) atoms. The second-order valence-electron chi connectivity index (χ2n) is 8.88. The molecule has 1 amide bonds. The standard InChI is InChI=1S/C26H33N5O3.BrH/c1-15(2)18-9-16(10-22(30(6)7)24(18)34-8)23(32)14-31-13-17-11-21(29(4)5)20(26(33)28-3)12-19(17)25(31)27;/h9-12,27H,1,13-14H2,2-8H3,(H,28,33);1H. The average Bonchev–Trinajstić information content (AvgIpc) is 3.10. The number of nitrogens with one attached hydrogen (secondary N) is 2. The summed E-state index contributed by atoms with van der Waals surface area (Å²) in [6.07, 6.45) is 0. The second kappa shape index (κ2) is 10.9. The average molecular weight is 544 g/mol. The van der Waals surface area contributed by atoms with Gasteiger partial charge in [-0.2, -0.15) is 0 Å². The maximum atomic E-state index is 13.3. The number of carbonyl (C=O) groups excluding carboxylic acids is 2. The third-order valence-corrected chi connectivity index (χ3v) is 5.98. The van der Waals surface area contributed by atoms with E-state index in [0.717, 1.165) is 28.1 Å². The van der Waals surface area contributed by atoms with Gasteiger partial charge in [0.2, 0.25) is 0 Å². The van der Waals surface area contributed by atoms with Crippen molar-refractivity contribution in [1.82, 2.24) is 10.2 Å². The summed E-state index contributed by atoms with van der Waals surface area (Å²) in [6, 6.07) is 7.29. The molecular formula is C26H34BrN5O3. The van der Waals surface area contributed by atoms with Crippen LogP contribution in [-0.2, 0) is 6.54 Å². The number of methoxy groups -OCH3 is 1. The van der Waals surface area contributed by atoms with Gasteiger partial charge in [-0.1, -0.05) is 6.58 Å². The number of ketones is 1. The van der Waals surface area contributed by atoms with Crippen molar-refractivity contribution in [3.8, 4) is 5.75 Å². The molecule has 0 aromatic heterocycles. The van der Waals surface area contributed by atoms with Crippen LogP contribution in [0, 0.1) is 5.41 Å². The highest BCUT2D eigenvalue weighted by atomic mass is 79.9. The predicted octanol–water partition coefficient (Wildman–Crippen LogP) is 3.82. The first-order valence-corrected chi connectivity index (χ1v) is 11.0. The van der Waals surface area contributed by atoms with Gasteiger partial charge in [-0.25, -0.2) is 0 Å². The number of fused-ring (bicyclic) bond motifs is 1. The van der Waals surface area contributed by atoms with E-state index in [2.05, 4.69) is 11.9 Å². The lowest BCUT2D eigenvalue weighted by molar-refractivity contribution is 0.0955. The molecular weight excluding hydrogens is 510 g/mol. The molecule has 9 heteroatoms. The van der Waals surface area contributed by atoms with Gasteiger partial charge in [0.1, 0.15) is 11.6 Å². The van der Waals surface area contributed by atoms with Crippen LogP contribution in [0.3, 0.4) is 0 Å². The number of hydrogen-bond donors (Lipinski definition) is 2. The quantitative estimate of drug-likeness (QED) is 0.492. The zero-order valence-corrected chi connectivity index (χ0v) is 23.1. The topological polar surface area (TPSA) is 89.0 Å². The van der Waals surface area contributed by atoms with Gasteiger partial charge in [-0.15, -0.1) is 17.0 Å². The lowest BCUT2D eigenvalue weighted by Gasteiger charge is -2.22. The lowest BCUT2D eigenvalue weighted by Crippen LogP contribution is -2.30. The molecule has 0 spiro atoms. The van der Waals surface area contributed by atoms with Crippen LogP contribution in [0.2, 0.25) is 0 Å². The number of halogens is 1. The molecule has 1 heterocycles. The van der Waals surface area contributed by atoms with E-state index >= 15 is 0 Å². The van der Waals surface area contributed by atoms with E-state index in [-0.39, 0.29) is 41.1 Å². The van der Waals surface area contributed by atoms with Crippen molar-refractivity contribution in [3.63, 3.8) is 0 Å². The Morgan fingerprint density at radius 3 is 2.23 bits per heavy atom. The van der Waals surface area contributed by atoms with Gasteiger partial charge in [0, 0.05) is 64.2 Å². The number of rotatable bonds is 8. The fraction of sp³-hybridized carbons (Fsp3) is 0.346. The zero-order chi connectivity index (χ0) is 25.3. The number of amidine groups is 1. The number of ether oxygens (including phenoxy) is 1. The van der Waals surface area contributed by atoms with Crippen molar-refractivity contribution >= 4 is 51.5 Å². The Balaban J connectivity index is 0.00000432. The van der Waals surface area contributed by atoms with Crippen molar-refractivity contribution in [3.05, 3.63) is 58.7 Å². The van der Waals surface area contributed by atoms with E-state index < -0.39 is 0 Å². The van der Waals surface area contributed by atoms with Crippen molar-refractivity contribution < 1.29 is 14.3 Å². The minimum absolute atomic E-state index is 0. The summed E-state index contributed by atoms with van der Waals surface area (Å²) >= 11 is 0. The molecule has 2 aromatic carbocycles. The molecule has 8 nitrogen and oxygen atoms in total. The molecule has 0 radical (unpaired) electrons. The van der Waals surface area contributed by atoms with E-state index in [0.29, 0.717) is 29.0 Å². The van der Waals surface area contributed by atoms with Gasteiger partial charge in [0.05, 0.1) is 24.9 Å². The monoisotopic (exact) mass is 543 g/mol. The SMILES string of the molecule is Br.C=C(C)c1cc(C(=O)CN2Cc3cc(N(C)C)c(C(=O)NC)cc3C2=N)cc(N(C)C)c1OC. The van der Waals surface area contributed by atoms with E-state index in [1.165, 1.54) is 0 Å². The minimum Gasteiger partial charge on any atom is -0.494 e. The lowest BCUT2D eigenvalue weighted by atomic mass is 9.99. The normalized spacial score (nSPS) is 12.0. The van der Waals surface area contributed by atoms with E-state index in [9.17, 15) is 9.59 Å². The molecule has 1 aliphatic rings. The van der Waals surface area contributed by atoms with Crippen LogP contribution < -0.4 is 19.9 Å². The number of Topliss-reactive ketones (excluding diaryl/α,β-unsaturated/α-hetero) is 1. The molecule has 2 N–H and O–H groups in total. The molecule has 188 valence electrons. The van der Waals surface area contributed by atoms with Crippen molar-refractivity contribution in [1.29, 1.82) is 5.41 Å². The Hall–Kier alpha value is -3.33. The van der Waals surface area contributed by atoms with Crippen LogP contribution in [-0.4, -0.2) is 71.3 Å². The highest BCUT2D eigenvalue weighted by Crippen LogP contribution is 2.36. The molecule has 3 rings (SSSR count). The van der Waals surface area contributed by atoms with Gasteiger partial charge in [-0.05, 0) is 42.3 Å². The number of allylic oxidation sites excluding steroid dienone is 1. The summed E-state index contributed by atoms with van der Waals surface area (Å²) in [4.78, 5) is 31.3. The minimum atomic E-state index is -0.212. The van der Waals surface area contributed by atoms with Crippen LogP contribution in [0.4, 0.5) is 11.4 Å². The number of nitrogens with zero attached hydrogens (tertiary/aromatic N) is 3. The summed E-state index contributed by atoms with van der Waals surface area (Å²) in [5.41, 5.74) is 5.76. The summed E-state index contributed by atoms with van der Waals surface area (Å²) < 4.78 is 5.60. The summed E-state index contributed by atoms with van der Waals surface area (Å²) in [5, 5.41) is 11.3. The molecule has 0 fully saturated rings. The molecule has 0 atom stereocenters. The first-order chi connectivity index (χ1) is 16.0. The second-order valence-corrected chi connectivity index (χ2v) is 8.88. The Bertz CT molecular complexity index is 1190. The van der Waals surface area contributed by atoms with Crippen LogP contribution >= 0.6 is 17.0 Å². The first kappa shape index (κ1) is 27.9. The van der Waals surface area contributed by atoms with Crippen LogP contribution in [0.5, 0.6) is 5.75 Å². The maximum absolute atomic E-state index is 13.3. The number of hydrogen-bond acceptors (Lipinski definition) is 6. The molecule has 0 unspecified atom stereocenters. The molecule has 0 bridgehead atoms. The van der Waals surface area contributed by atoms with Crippen LogP contribution in [0.15, 0.2) is 30.8 Å². The van der Waals surface area contributed by atoms with Gasteiger partial charge in [-0.3, -0.25) is 15.0 Å². The summed E-state index contributed by atoms with van der Waals surface area (Å²) in [5.74, 6) is 0.592. The van der Waals surface area contributed by atoms with Gasteiger partial charge >= 0.3 is 0 Å². The van der Waals surface area contributed by atoms with Gasteiger partial charge in [0.15, 0.2) is 5.78 Å². The largest absolute Gasteiger partial charge is 0.494 e. The smallest absolute Gasteiger partial charge is 0.253 e. The Labute approximate surface area is 217 Å². The van der Waals surface area contributed by atoms with Crippen molar-refractivity contribution in [2.45, 2.75) is 13.5 Å². The van der Waals surface area contributed by atoms with Gasteiger partial charge < -0.3 is 24.8 Å². The van der Waals surface area contributed by atoms with Gasteiger partial charge in [0.25, 0.3) is 5.91 Å². The number of amides is 1. The molecule has 0 saturated heterocycles. The highest BCUT2D eigenvalue weighted by molar-refractivity contribution is 8.93. The summed E-state index contributed by atoms with van der Waals surface area (Å²) in [6.45, 7) is 6.40. The number of carbonyl (C=O) groups is 2. The Morgan fingerprint density at radius 2 is 1.71 bits per heavy atom. The van der Waals surface area contributed by atoms with Crippen molar-refractivity contribution in [2.24, 2.45) is 0 Å². The fourth-order valence-corrected chi connectivity index (χ4v) is 4.16.